The summed E-state index contributed by atoms with van der Waals surface area (Å²) in [6, 6.07) is 12.9. The lowest BCUT2D eigenvalue weighted by Crippen LogP contribution is -1.95. The van der Waals surface area contributed by atoms with Gasteiger partial charge in [0.2, 0.25) is 0 Å². The number of hydrogen-bond donors (Lipinski definition) is 1. The molecule has 0 radical (unpaired) electrons. The third-order valence-corrected chi connectivity index (χ3v) is 3.49. The number of anilines is 1. The fourth-order valence-corrected chi connectivity index (χ4v) is 2.70. The average molecular weight is 238 g/mol. The maximum atomic E-state index is 5.93. The Labute approximate surface area is 107 Å². The zero-order valence-electron chi connectivity index (χ0n) is 10.9. The first-order valence-electron chi connectivity index (χ1n) is 6.49. The van der Waals surface area contributed by atoms with Crippen molar-refractivity contribution < 1.29 is 0 Å². The molecule has 0 aliphatic heterocycles. The van der Waals surface area contributed by atoms with Gasteiger partial charge in [-0.3, -0.25) is 0 Å². The van der Waals surface area contributed by atoms with Crippen LogP contribution in [0.15, 0.2) is 36.4 Å². The van der Waals surface area contributed by atoms with Crippen molar-refractivity contribution >= 4 is 27.5 Å². The van der Waals surface area contributed by atoms with E-state index in [0.717, 1.165) is 18.7 Å². The summed E-state index contributed by atoms with van der Waals surface area (Å²) in [4.78, 5) is 0. The van der Waals surface area contributed by atoms with E-state index >= 15 is 0 Å². The first-order chi connectivity index (χ1) is 8.70. The number of benzene rings is 2. The van der Waals surface area contributed by atoms with Gasteiger partial charge in [0.25, 0.3) is 0 Å². The summed E-state index contributed by atoms with van der Waals surface area (Å²) in [5, 5.41) is 2.58. The van der Waals surface area contributed by atoms with Crippen LogP contribution in [0.4, 0.5) is 5.69 Å². The zero-order chi connectivity index (χ0) is 12.7. The molecule has 1 heterocycles. The minimum Gasteiger partial charge on any atom is -0.399 e. The zero-order valence-corrected chi connectivity index (χ0v) is 10.9. The van der Waals surface area contributed by atoms with Gasteiger partial charge < -0.3 is 10.3 Å². The predicted molar refractivity (Wildman–Crippen MR) is 78.9 cm³/mol. The van der Waals surface area contributed by atoms with Crippen LogP contribution in [0.1, 0.15) is 18.9 Å². The van der Waals surface area contributed by atoms with Gasteiger partial charge in [0.05, 0.1) is 0 Å². The van der Waals surface area contributed by atoms with Gasteiger partial charge in [-0.05, 0) is 43.7 Å². The second kappa shape index (κ2) is 4.05. The van der Waals surface area contributed by atoms with Crippen LogP contribution in [-0.2, 0) is 6.54 Å². The molecule has 0 amide bonds. The summed E-state index contributed by atoms with van der Waals surface area (Å²) in [7, 11) is 0. The molecule has 2 nitrogen and oxygen atoms in total. The van der Waals surface area contributed by atoms with E-state index in [0.29, 0.717) is 0 Å². The molecule has 2 N–H and O–H groups in total. The fraction of sp³-hybridized carbons (Fsp3) is 0.250. The summed E-state index contributed by atoms with van der Waals surface area (Å²) in [5.74, 6) is 0. The standard InChI is InChI=1S/C16H18N2/c1-3-8-18-15-6-4-11(2)9-13(15)14-10-12(17)5-7-16(14)18/h4-7,9-10H,3,8,17H2,1-2H3. The molecule has 0 unspecified atom stereocenters. The van der Waals surface area contributed by atoms with E-state index < -0.39 is 0 Å². The fourth-order valence-electron chi connectivity index (χ4n) is 2.70. The van der Waals surface area contributed by atoms with Gasteiger partial charge in [-0.1, -0.05) is 18.6 Å². The summed E-state index contributed by atoms with van der Waals surface area (Å²) < 4.78 is 2.39. The first-order valence-corrected chi connectivity index (χ1v) is 6.49. The second-order valence-corrected chi connectivity index (χ2v) is 4.95. The molecule has 2 aromatic carbocycles. The van der Waals surface area contributed by atoms with Crippen molar-refractivity contribution in [1.82, 2.24) is 4.57 Å². The van der Waals surface area contributed by atoms with E-state index in [1.54, 1.807) is 0 Å². The van der Waals surface area contributed by atoms with Crippen molar-refractivity contribution in [3.63, 3.8) is 0 Å². The average Bonchev–Trinajstić information content (AvgIpc) is 2.64. The highest BCUT2D eigenvalue weighted by Crippen LogP contribution is 2.31. The van der Waals surface area contributed by atoms with E-state index in [1.165, 1.54) is 27.4 Å². The molecule has 0 bridgehead atoms. The molecule has 0 fully saturated rings. The van der Waals surface area contributed by atoms with Gasteiger partial charge in [-0.15, -0.1) is 0 Å². The Balaban J connectivity index is 2.48. The maximum absolute atomic E-state index is 5.93. The summed E-state index contributed by atoms with van der Waals surface area (Å²) in [5.41, 5.74) is 10.6. The van der Waals surface area contributed by atoms with Gasteiger partial charge in [0, 0.05) is 34.0 Å². The van der Waals surface area contributed by atoms with Crippen LogP contribution in [-0.4, -0.2) is 4.57 Å². The van der Waals surface area contributed by atoms with Crippen molar-refractivity contribution in [3.05, 3.63) is 42.0 Å². The minimum absolute atomic E-state index is 0.833. The van der Waals surface area contributed by atoms with Crippen molar-refractivity contribution in [1.29, 1.82) is 0 Å². The third-order valence-electron chi connectivity index (χ3n) is 3.49. The topological polar surface area (TPSA) is 30.9 Å². The highest BCUT2D eigenvalue weighted by atomic mass is 15.0. The second-order valence-electron chi connectivity index (χ2n) is 4.95. The molecular formula is C16H18N2. The highest BCUT2D eigenvalue weighted by molar-refractivity contribution is 6.09. The van der Waals surface area contributed by atoms with E-state index in [-0.39, 0.29) is 0 Å². The Morgan fingerprint density at radius 1 is 1.00 bits per heavy atom. The van der Waals surface area contributed by atoms with Crippen LogP contribution in [0.3, 0.4) is 0 Å². The normalized spacial score (nSPS) is 11.4. The molecular weight excluding hydrogens is 220 g/mol. The lowest BCUT2D eigenvalue weighted by atomic mass is 10.1. The van der Waals surface area contributed by atoms with Crippen LogP contribution in [0.25, 0.3) is 21.8 Å². The number of rotatable bonds is 2. The molecule has 3 rings (SSSR count). The molecule has 92 valence electrons. The predicted octanol–water partition coefficient (Wildman–Crippen LogP) is 4.10. The summed E-state index contributed by atoms with van der Waals surface area (Å²) in [6.45, 7) is 5.39. The molecule has 0 saturated heterocycles. The van der Waals surface area contributed by atoms with Gasteiger partial charge in [0.15, 0.2) is 0 Å². The van der Waals surface area contributed by atoms with E-state index in [4.69, 9.17) is 5.73 Å². The smallest absolute Gasteiger partial charge is 0.0492 e. The van der Waals surface area contributed by atoms with Crippen LogP contribution < -0.4 is 5.73 Å². The highest BCUT2D eigenvalue weighted by Gasteiger charge is 2.10. The lowest BCUT2D eigenvalue weighted by Gasteiger charge is -2.05. The lowest BCUT2D eigenvalue weighted by molar-refractivity contribution is 0.724. The number of nitrogen functional groups attached to an aromatic ring is 1. The number of nitrogens with zero attached hydrogens (tertiary/aromatic N) is 1. The molecule has 18 heavy (non-hydrogen) atoms. The van der Waals surface area contributed by atoms with Gasteiger partial charge in [-0.25, -0.2) is 0 Å². The number of aryl methyl sites for hydroxylation is 2. The Kier molecular flexibility index (Phi) is 2.51. The van der Waals surface area contributed by atoms with Crippen LogP contribution in [0, 0.1) is 6.92 Å². The Hall–Kier alpha value is -1.96. The molecule has 0 spiro atoms. The summed E-state index contributed by atoms with van der Waals surface area (Å²) >= 11 is 0. The van der Waals surface area contributed by atoms with Crippen LogP contribution in [0.2, 0.25) is 0 Å². The SMILES string of the molecule is CCCn1c2ccc(C)cc2c2cc(N)ccc21. The Morgan fingerprint density at radius 2 is 1.67 bits per heavy atom. The first kappa shape index (κ1) is 11.1. The van der Waals surface area contributed by atoms with Crippen LogP contribution >= 0.6 is 0 Å². The number of hydrogen-bond acceptors (Lipinski definition) is 1. The van der Waals surface area contributed by atoms with E-state index in [2.05, 4.69) is 48.7 Å². The largest absolute Gasteiger partial charge is 0.399 e. The molecule has 0 aliphatic rings. The van der Waals surface area contributed by atoms with Gasteiger partial charge >= 0.3 is 0 Å². The molecule has 3 aromatic rings. The minimum atomic E-state index is 0.833. The molecule has 1 aromatic heterocycles. The van der Waals surface area contributed by atoms with Crippen molar-refractivity contribution in [3.8, 4) is 0 Å². The number of nitrogens with two attached hydrogens (primary N) is 1. The maximum Gasteiger partial charge on any atom is 0.0492 e. The summed E-state index contributed by atoms with van der Waals surface area (Å²) in [6.07, 6.45) is 1.14. The Morgan fingerprint density at radius 3 is 2.39 bits per heavy atom. The molecule has 0 aliphatic carbocycles. The van der Waals surface area contributed by atoms with Gasteiger partial charge in [-0.2, -0.15) is 0 Å². The molecule has 2 heteroatoms. The van der Waals surface area contributed by atoms with Crippen LogP contribution in [0.5, 0.6) is 0 Å². The monoisotopic (exact) mass is 238 g/mol. The number of fused-ring (bicyclic) bond motifs is 3. The molecule has 0 saturated carbocycles. The quantitative estimate of drug-likeness (QED) is 0.670. The van der Waals surface area contributed by atoms with Gasteiger partial charge in [0.1, 0.15) is 0 Å². The van der Waals surface area contributed by atoms with E-state index in [9.17, 15) is 0 Å². The van der Waals surface area contributed by atoms with Crippen molar-refractivity contribution in [2.24, 2.45) is 0 Å². The van der Waals surface area contributed by atoms with Crippen molar-refractivity contribution in [2.45, 2.75) is 26.8 Å². The number of aromatic nitrogens is 1. The third kappa shape index (κ3) is 1.57. The Bertz CT molecular complexity index is 663. The molecule has 0 atom stereocenters. The van der Waals surface area contributed by atoms with E-state index in [1.807, 2.05) is 6.07 Å². The van der Waals surface area contributed by atoms with Crippen molar-refractivity contribution in [2.75, 3.05) is 5.73 Å².